The third kappa shape index (κ3) is 5.77. The van der Waals surface area contributed by atoms with Gasteiger partial charge in [0.05, 0.1) is 6.54 Å². The Morgan fingerprint density at radius 3 is 2.63 bits per heavy atom. The fourth-order valence-electron chi connectivity index (χ4n) is 1.76. The first kappa shape index (κ1) is 15.5. The molecule has 1 rings (SSSR count). The van der Waals surface area contributed by atoms with Crippen molar-refractivity contribution in [3.05, 3.63) is 18.2 Å². The molecular weight excluding hydrogens is 238 g/mol. The van der Waals surface area contributed by atoms with Crippen LogP contribution in [0.2, 0.25) is 0 Å². The van der Waals surface area contributed by atoms with Gasteiger partial charge in [-0.05, 0) is 26.7 Å². The summed E-state index contributed by atoms with van der Waals surface area (Å²) in [5.41, 5.74) is -0.00476. The van der Waals surface area contributed by atoms with Crippen molar-refractivity contribution in [2.24, 2.45) is 10.9 Å². The molecule has 1 heterocycles. The fourth-order valence-corrected chi connectivity index (χ4v) is 1.76. The second-order valence-electron chi connectivity index (χ2n) is 6.19. The van der Waals surface area contributed by atoms with Crippen LogP contribution in [0.3, 0.4) is 0 Å². The van der Waals surface area contributed by atoms with Crippen LogP contribution in [0.4, 0.5) is 0 Å². The van der Waals surface area contributed by atoms with E-state index in [9.17, 15) is 0 Å². The fraction of sp³-hybridized carbons (Fsp3) is 0.714. The normalized spacial score (nSPS) is 12.9. The van der Waals surface area contributed by atoms with Crippen molar-refractivity contribution in [2.45, 2.75) is 53.2 Å². The van der Waals surface area contributed by atoms with Gasteiger partial charge in [0, 0.05) is 31.5 Å². The lowest BCUT2D eigenvalue weighted by atomic mass is 10.1. The van der Waals surface area contributed by atoms with Crippen molar-refractivity contribution in [3.8, 4) is 0 Å². The molecule has 1 aromatic rings. The van der Waals surface area contributed by atoms with Crippen LogP contribution in [-0.4, -0.2) is 28.1 Å². The third-order valence-corrected chi connectivity index (χ3v) is 2.49. The summed E-state index contributed by atoms with van der Waals surface area (Å²) in [6.07, 6.45) is 3.87. The van der Waals surface area contributed by atoms with Crippen LogP contribution < -0.4 is 10.6 Å². The van der Waals surface area contributed by atoms with E-state index >= 15 is 0 Å². The van der Waals surface area contributed by atoms with E-state index in [1.807, 2.05) is 12.4 Å². The van der Waals surface area contributed by atoms with Gasteiger partial charge in [-0.25, -0.2) is 4.98 Å². The van der Waals surface area contributed by atoms with Gasteiger partial charge in [-0.15, -0.1) is 0 Å². The second-order valence-corrected chi connectivity index (χ2v) is 6.19. The third-order valence-electron chi connectivity index (χ3n) is 2.49. The van der Waals surface area contributed by atoms with Crippen molar-refractivity contribution in [1.82, 2.24) is 20.2 Å². The summed E-state index contributed by atoms with van der Waals surface area (Å²) in [6.45, 7) is 12.4. The SMILES string of the molecule is CN=C(NCc1nccn1CC(C)C)NC(C)(C)C. The standard InChI is InChI=1S/C14H27N5/c1-11(2)10-19-8-7-16-12(19)9-17-13(15-6)18-14(3,4)5/h7-8,11H,9-10H2,1-6H3,(H2,15,17,18). The maximum Gasteiger partial charge on any atom is 0.191 e. The highest BCUT2D eigenvalue weighted by Gasteiger charge is 2.12. The van der Waals surface area contributed by atoms with Crippen LogP contribution in [0.15, 0.2) is 17.4 Å². The lowest BCUT2D eigenvalue weighted by Crippen LogP contribution is -2.47. The van der Waals surface area contributed by atoms with E-state index in [1.54, 1.807) is 7.05 Å². The highest BCUT2D eigenvalue weighted by molar-refractivity contribution is 5.80. The van der Waals surface area contributed by atoms with Crippen LogP contribution in [-0.2, 0) is 13.1 Å². The molecule has 0 saturated heterocycles. The van der Waals surface area contributed by atoms with Crippen LogP contribution >= 0.6 is 0 Å². The largest absolute Gasteiger partial charge is 0.352 e. The Balaban J connectivity index is 2.58. The molecule has 0 aliphatic rings. The van der Waals surface area contributed by atoms with Gasteiger partial charge in [-0.2, -0.15) is 0 Å². The molecule has 0 aliphatic carbocycles. The summed E-state index contributed by atoms with van der Waals surface area (Å²) in [6, 6.07) is 0. The molecule has 5 heteroatoms. The number of hydrogen-bond donors (Lipinski definition) is 2. The number of imidazole rings is 1. The molecule has 0 aliphatic heterocycles. The minimum absolute atomic E-state index is 0.00476. The van der Waals surface area contributed by atoms with E-state index in [0.717, 1.165) is 18.3 Å². The van der Waals surface area contributed by atoms with E-state index in [-0.39, 0.29) is 5.54 Å². The van der Waals surface area contributed by atoms with Gasteiger partial charge in [-0.3, -0.25) is 4.99 Å². The van der Waals surface area contributed by atoms with Crippen LogP contribution in [0, 0.1) is 5.92 Å². The number of nitrogens with one attached hydrogen (secondary N) is 2. The summed E-state index contributed by atoms with van der Waals surface area (Å²) in [7, 11) is 1.78. The van der Waals surface area contributed by atoms with Crippen molar-refractivity contribution >= 4 is 5.96 Å². The Kier molecular flexibility index (Phi) is 5.39. The van der Waals surface area contributed by atoms with E-state index in [4.69, 9.17) is 0 Å². The Morgan fingerprint density at radius 1 is 1.42 bits per heavy atom. The molecule has 0 bridgehead atoms. The number of hydrogen-bond acceptors (Lipinski definition) is 2. The molecule has 0 atom stereocenters. The van der Waals surface area contributed by atoms with E-state index in [2.05, 4.69) is 59.8 Å². The van der Waals surface area contributed by atoms with Gasteiger partial charge in [-0.1, -0.05) is 13.8 Å². The molecule has 19 heavy (non-hydrogen) atoms. The number of guanidine groups is 1. The molecule has 0 fully saturated rings. The molecule has 1 aromatic heterocycles. The smallest absolute Gasteiger partial charge is 0.191 e. The van der Waals surface area contributed by atoms with Gasteiger partial charge < -0.3 is 15.2 Å². The van der Waals surface area contributed by atoms with Gasteiger partial charge in [0.25, 0.3) is 0 Å². The molecular formula is C14H27N5. The lowest BCUT2D eigenvalue weighted by Gasteiger charge is -2.23. The molecule has 5 nitrogen and oxygen atoms in total. The molecule has 0 unspecified atom stereocenters. The van der Waals surface area contributed by atoms with Gasteiger partial charge in [0.2, 0.25) is 0 Å². The first-order valence-corrected chi connectivity index (χ1v) is 6.80. The predicted molar refractivity (Wildman–Crippen MR) is 80.2 cm³/mol. The summed E-state index contributed by atoms with van der Waals surface area (Å²) >= 11 is 0. The molecule has 0 spiro atoms. The Morgan fingerprint density at radius 2 is 2.11 bits per heavy atom. The van der Waals surface area contributed by atoms with Gasteiger partial charge >= 0.3 is 0 Å². The van der Waals surface area contributed by atoms with E-state index in [1.165, 1.54) is 0 Å². The average molecular weight is 265 g/mol. The lowest BCUT2D eigenvalue weighted by molar-refractivity contribution is 0.491. The second kappa shape index (κ2) is 6.59. The topological polar surface area (TPSA) is 54.2 Å². The molecule has 0 aromatic carbocycles. The summed E-state index contributed by atoms with van der Waals surface area (Å²) in [5, 5.41) is 6.63. The van der Waals surface area contributed by atoms with Gasteiger partial charge in [0.1, 0.15) is 5.82 Å². The Labute approximate surface area is 116 Å². The molecule has 2 N–H and O–H groups in total. The Bertz CT molecular complexity index is 412. The quantitative estimate of drug-likeness (QED) is 0.647. The number of nitrogens with zero attached hydrogens (tertiary/aromatic N) is 3. The summed E-state index contributed by atoms with van der Waals surface area (Å²) < 4.78 is 2.18. The summed E-state index contributed by atoms with van der Waals surface area (Å²) in [4.78, 5) is 8.61. The Hall–Kier alpha value is -1.52. The molecule has 0 saturated carbocycles. The highest BCUT2D eigenvalue weighted by Crippen LogP contribution is 2.04. The van der Waals surface area contributed by atoms with Crippen molar-refractivity contribution < 1.29 is 0 Å². The van der Waals surface area contributed by atoms with Crippen LogP contribution in [0.25, 0.3) is 0 Å². The number of rotatable bonds is 4. The predicted octanol–water partition coefficient (Wildman–Crippen LogP) is 2.00. The van der Waals surface area contributed by atoms with Crippen molar-refractivity contribution in [1.29, 1.82) is 0 Å². The molecule has 0 amide bonds. The average Bonchev–Trinajstić information content (AvgIpc) is 2.69. The van der Waals surface area contributed by atoms with Crippen LogP contribution in [0.1, 0.15) is 40.4 Å². The zero-order chi connectivity index (χ0) is 14.5. The van der Waals surface area contributed by atoms with E-state index in [0.29, 0.717) is 12.5 Å². The monoisotopic (exact) mass is 265 g/mol. The first-order chi connectivity index (χ1) is 8.81. The van der Waals surface area contributed by atoms with Gasteiger partial charge in [0.15, 0.2) is 5.96 Å². The van der Waals surface area contributed by atoms with Crippen molar-refractivity contribution in [3.63, 3.8) is 0 Å². The van der Waals surface area contributed by atoms with Crippen LogP contribution in [0.5, 0.6) is 0 Å². The molecule has 108 valence electrons. The minimum Gasteiger partial charge on any atom is -0.352 e. The minimum atomic E-state index is -0.00476. The highest BCUT2D eigenvalue weighted by atomic mass is 15.2. The van der Waals surface area contributed by atoms with E-state index < -0.39 is 0 Å². The number of aromatic nitrogens is 2. The molecule has 0 radical (unpaired) electrons. The zero-order valence-corrected chi connectivity index (χ0v) is 13.0. The summed E-state index contributed by atoms with van der Waals surface area (Å²) in [5.74, 6) is 2.44. The zero-order valence-electron chi connectivity index (χ0n) is 13.0. The maximum absolute atomic E-state index is 4.39. The van der Waals surface area contributed by atoms with Crippen molar-refractivity contribution in [2.75, 3.05) is 7.05 Å². The maximum atomic E-state index is 4.39. The first-order valence-electron chi connectivity index (χ1n) is 6.80. The number of aliphatic imine (C=N–C) groups is 1.